The van der Waals surface area contributed by atoms with Crippen LogP contribution in [-0.4, -0.2) is 22.9 Å². The summed E-state index contributed by atoms with van der Waals surface area (Å²) in [5, 5.41) is 9.35. The maximum absolute atomic E-state index is 4.62. The average Bonchev–Trinajstić information content (AvgIpc) is 2.89. The Kier molecular flexibility index (Phi) is 2.67. The normalized spacial score (nSPS) is 26.8. The molecule has 1 aromatic carbocycles. The zero-order valence-electron chi connectivity index (χ0n) is 11.4. The Hall–Kier alpha value is -1.35. The lowest BCUT2D eigenvalue weighted by atomic mass is 9.86. The number of hydrogen-bond donors (Lipinski definition) is 1. The summed E-state index contributed by atoms with van der Waals surface area (Å²) in [6.07, 6.45) is 4.43. The summed E-state index contributed by atoms with van der Waals surface area (Å²) in [5.74, 6) is 0. The molecule has 2 unspecified atom stereocenters. The van der Waals surface area contributed by atoms with Crippen LogP contribution >= 0.6 is 0 Å². The van der Waals surface area contributed by atoms with Crippen molar-refractivity contribution in [1.82, 2.24) is 15.1 Å². The number of para-hydroxylation sites is 1. The van der Waals surface area contributed by atoms with E-state index in [1.165, 1.54) is 23.7 Å². The van der Waals surface area contributed by atoms with Gasteiger partial charge in [0.25, 0.3) is 0 Å². The smallest absolute Gasteiger partial charge is 0.0686 e. The van der Waals surface area contributed by atoms with E-state index in [-0.39, 0.29) is 0 Å². The first kappa shape index (κ1) is 11.7. The third kappa shape index (κ3) is 1.65. The van der Waals surface area contributed by atoms with Crippen LogP contribution in [0.3, 0.4) is 0 Å². The van der Waals surface area contributed by atoms with Crippen molar-refractivity contribution in [3.63, 3.8) is 0 Å². The third-order valence-electron chi connectivity index (χ3n) is 4.44. The molecule has 0 radical (unpaired) electrons. The van der Waals surface area contributed by atoms with Gasteiger partial charge in [-0.05, 0) is 31.4 Å². The minimum absolute atomic E-state index is 0.340. The highest BCUT2D eigenvalue weighted by Crippen LogP contribution is 2.44. The Balaban J connectivity index is 2.05. The number of fused-ring (bicyclic) bond motifs is 1. The number of nitrogens with zero attached hydrogens (tertiary/aromatic N) is 2. The molecule has 96 valence electrons. The van der Waals surface area contributed by atoms with Gasteiger partial charge in [-0.25, -0.2) is 0 Å². The van der Waals surface area contributed by atoms with Crippen LogP contribution in [0.15, 0.2) is 30.5 Å². The standard InChI is InChI=1S/C15H21N3/c1-15(2)9-8-13(14(15)16-3)18-12-7-5-4-6-11(12)10-17-18/h4-7,10,13-14,16H,8-9H2,1-3H3. The van der Waals surface area contributed by atoms with Crippen LogP contribution < -0.4 is 5.32 Å². The zero-order chi connectivity index (χ0) is 12.8. The maximum atomic E-state index is 4.62. The Labute approximate surface area is 108 Å². The molecule has 1 fully saturated rings. The van der Waals surface area contributed by atoms with E-state index in [1.807, 2.05) is 6.20 Å². The fraction of sp³-hybridized carbons (Fsp3) is 0.533. The molecule has 0 bridgehead atoms. The number of rotatable bonds is 2. The second kappa shape index (κ2) is 4.09. The van der Waals surface area contributed by atoms with Gasteiger partial charge in [-0.3, -0.25) is 4.68 Å². The van der Waals surface area contributed by atoms with Gasteiger partial charge < -0.3 is 5.32 Å². The van der Waals surface area contributed by atoms with Crippen molar-refractivity contribution in [2.45, 2.75) is 38.8 Å². The van der Waals surface area contributed by atoms with Crippen molar-refractivity contribution < 1.29 is 0 Å². The molecule has 1 N–H and O–H groups in total. The van der Waals surface area contributed by atoms with E-state index in [4.69, 9.17) is 0 Å². The molecular weight excluding hydrogens is 222 g/mol. The predicted molar refractivity (Wildman–Crippen MR) is 74.6 cm³/mol. The Morgan fingerprint density at radius 1 is 1.33 bits per heavy atom. The fourth-order valence-electron chi connectivity index (χ4n) is 3.47. The van der Waals surface area contributed by atoms with E-state index in [1.54, 1.807) is 0 Å². The minimum atomic E-state index is 0.340. The van der Waals surface area contributed by atoms with Crippen molar-refractivity contribution in [1.29, 1.82) is 0 Å². The second-order valence-electron chi connectivity index (χ2n) is 6.01. The quantitative estimate of drug-likeness (QED) is 0.878. The number of benzene rings is 1. The fourth-order valence-corrected chi connectivity index (χ4v) is 3.47. The molecule has 0 spiro atoms. The van der Waals surface area contributed by atoms with Gasteiger partial charge in [-0.15, -0.1) is 0 Å². The number of hydrogen-bond acceptors (Lipinski definition) is 2. The van der Waals surface area contributed by atoms with Gasteiger partial charge in [0.05, 0.1) is 17.8 Å². The summed E-state index contributed by atoms with van der Waals surface area (Å²) in [7, 11) is 2.07. The van der Waals surface area contributed by atoms with Gasteiger partial charge >= 0.3 is 0 Å². The largest absolute Gasteiger partial charge is 0.314 e. The summed E-state index contributed by atoms with van der Waals surface area (Å²) >= 11 is 0. The highest BCUT2D eigenvalue weighted by molar-refractivity contribution is 5.78. The van der Waals surface area contributed by atoms with E-state index in [0.717, 1.165) is 0 Å². The van der Waals surface area contributed by atoms with Gasteiger partial charge in [0.15, 0.2) is 0 Å². The van der Waals surface area contributed by atoms with Crippen LogP contribution in [0.5, 0.6) is 0 Å². The van der Waals surface area contributed by atoms with E-state index in [2.05, 4.69) is 60.3 Å². The molecule has 0 saturated heterocycles. The van der Waals surface area contributed by atoms with E-state index < -0.39 is 0 Å². The molecule has 1 aliphatic carbocycles. The first-order valence-electron chi connectivity index (χ1n) is 6.73. The summed E-state index contributed by atoms with van der Waals surface area (Å²) in [5.41, 5.74) is 1.59. The first-order valence-corrected chi connectivity index (χ1v) is 6.73. The van der Waals surface area contributed by atoms with Gasteiger partial charge in [0.2, 0.25) is 0 Å². The summed E-state index contributed by atoms with van der Waals surface area (Å²) in [6.45, 7) is 4.69. The van der Waals surface area contributed by atoms with Crippen molar-refractivity contribution in [2.75, 3.05) is 7.05 Å². The molecule has 1 heterocycles. The molecule has 0 aliphatic heterocycles. The zero-order valence-corrected chi connectivity index (χ0v) is 11.4. The molecule has 3 nitrogen and oxygen atoms in total. The van der Waals surface area contributed by atoms with Gasteiger partial charge in [0.1, 0.15) is 0 Å². The Bertz CT molecular complexity index is 556. The van der Waals surface area contributed by atoms with E-state index in [0.29, 0.717) is 17.5 Å². The van der Waals surface area contributed by atoms with Crippen molar-refractivity contribution in [3.05, 3.63) is 30.5 Å². The molecule has 3 heteroatoms. The van der Waals surface area contributed by atoms with E-state index >= 15 is 0 Å². The van der Waals surface area contributed by atoms with Gasteiger partial charge in [-0.1, -0.05) is 32.0 Å². The molecule has 2 aromatic rings. The number of likely N-dealkylation sites (N-methyl/N-ethyl adjacent to an activating group) is 1. The summed E-state index contributed by atoms with van der Waals surface area (Å²) in [6, 6.07) is 9.41. The number of aromatic nitrogens is 2. The average molecular weight is 243 g/mol. The SMILES string of the molecule is CNC1C(n2ncc3ccccc32)CCC1(C)C. The van der Waals surface area contributed by atoms with Crippen LogP contribution in [0.2, 0.25) is 0 Å². The van der Waals surface area contributed by atoms with Crippen LogP contribution in [0.1, 0.15) is 32.7 Å². The van der Waals surface area contributed by atoms with Crippen molar-refractivity contribution in [3.8, 4) is 0 Å². The maximum Gasteiger partial charge on any atom is 0.0686 e. The van der Waals surface area contributed by atoms with Crippen LogP contribution in [0, 0.1) is 5.41 Å². The minimum Gasteiger partial charge on any atom is -0.314 e. The molecule has 1 aromatic heterocycles. The molecule has 18 heavy (non-hydrogen) atoms. The topological polar surface area (TPSA) is 29.9 Å². The van der Waals surface area contributed by atoms with Crippen LogP contribution in [-0.2, 0) is 0 Å². The lowest BCUT2D eigenvalue weighted by Crippen LogP contribution is -2.41. The van der Waals surface area contributed by atoms with Crippen molar-refractivity contribution in [2.24, 2.45) is 5.41 Å². The predicted octanol–water partition coefficient (Wildman–Crippen LogP) is 2.99. The second-order valence-corrected chi connectivity index (χ2v) is 6.01. The van der Waals surface area contributed by atoms with Gasteiger partial charge in [-0.2, -0.15) is 5.10 Å². The molecule has 0 amide bonds. The molecular formula is C15H21N3. The summed E-state index contributed by atoms with van der Waals surface area (Å²) in [4.78, 5) is 0. The first-order chi connectivity index (χ1) is 8.63. The van der Waals surface area contributed by atoms with Crippen LogP contribution in [0.25, 0.3) is 10.9 Å². The Morgan fingerprint density at radius 3 is 2.89 bits per heavy atom. The molecule has 2 atom stereocenters. The lowest BCUT2D eigenvalue weighted by Gasteiger charge is -2.30. The molecule has 1 aliphatic rings. The van der Waals surface area contributed by atoms with Crippen LogP contribution in [0.4, 0.5) is 0 Å². The highest BCUT2D eigenvalue weighted by atomic mass is 15.3. The molecule has 3 rings (SSSR count). The summed E-state index contributed by atoms with van der Waals surface area (Å²) < 4.78 is 2.21. The number of nitrogens with one attached hydrogen (secondary N) is 1. The Morgan fingerprint density at radius 2 is 2.11 bits per heavy atom. The van der Waals surface area contributed by atoms with Gasteiger partial charge in [0, 0.05) is 11.4 Å². The lowest BCUT2D eigenvalue weighted by molar-refractivity contribution is 0.256. The molecule has 1 saturated carbocycles. The van der Waals surface area contributed by atoms with E-state index in [9.17, 15) is 0 Å². The third-order valence-corrected chi connectivity index (χ3v) is 4.44. The monoisotopic (exact) mass is 243 g/mol. The highest BCUT2D eigenvalue weighted by Gasteiger charge is 2.42. The van der Waals surface area contributed by atoms with Crippen molar-refractivity contribution >= 4 is 10.9 Å².